The van der Waals surface area contributed by atoms with Crippen molar-refractivity contribution in [3.05, 3.63) is 33.8 Å². The van der Waals surface area contributed by atoms with E-state index < -0.39 is 5.97 Å². The molecule has 1 aromatic carbocycles. The van der Waals surface area contributed by atoms with Gasteiger partial charge in [-0.1, -0.05) is 11.6 Å². The minimum Gasteiger partial charge on any atom is -0.495 e. The molecule has 2 rings (SSSR count). The summed E-state index contributed by atoms with van der Waals surface area (Å²) in [5.74, 6) is -0.195. The number of nitrogens with one attached hydrogen (secondary N) is 1. The quantitative estimate of drug-likeness (QED) is 0.843. The number of methoxy groups -OCH3 is 1. The van der Waals surface area contributed by atoms with Crippen molar-refractivity contribution < 1.29 is 14.6 Å². The molecule has 0 atom stereocenters. The van der Waals surface area contributed by atoms with Crippen LogP contribution >= 0.6 is 22.9 Å². The van der Waals surface area contributed by atoms with Crippen LogP contribution in [0.25, 0.3) is 0 Å². The van der Waals surface area contributed by atoms with E-state index in [2.05, 4.69) is 10.3 Å². The van der Waals surface area contributed by atoms with Crippen molar-refractivity contribution in [2.75, 3.05) is 12.4 Å². The lowest BCUT2D eigenvalue weighted by molar-refractivity contribution is -0.136. The fraction of sp³-hybridized carbons (Fsp3) is 0.286. The lowest BCUT2D eigenvalue weighted by atomic mass is 10.2. The Bertz CT molecular complexity index is 658. The Balaban J connectivity index is 2.11. The summed E-state index contributed by atoms with van der Waals surface area (Å²) in [5.41, 5.74) is 1.66. The van der Waals surface area contributed by atoms with E-state index in [1.807, 2.05) is 13.0 Å². The van der Waals surface area contributed by atoms with Gasteiger partial charge in [0.25, 0.3) is 0 Å². The number of nitrogens with zero attached hydrogens (tertiary/aromatic N) is 1. The van der Waals surface area contributed by atoms with Crippen LogP contribution in [0.15, 0.2) is 18.2 Å². The van der Waals surface area contributed by atoms with Crippen LogP contribution in [-0.2, 0) is 11.2 Å². The maximum absolute atomic E-state index is 10.6. The van der Waals surface area contributed by atoms with Crippen LogP contribution < -0.4 is 10.1 Å². The first-order chi connectivity index (χ1) is 9.99. The second-order valence-corrected chi connectivity index (χ2v) is 5.89. The minimum atomic E-state index is -0.806. The molecule has 21 heavy (non-hydrogen) atoms. The molecule has 0 saturated carbocycles. The first-order valence-electron chi connectivity index (χ1n) is 6.28. The minimum absolute atomic E-state index is 0.108. The second-order valence-electron chi connectivity index (χ2n) is 4.40. The van der Waals surface area contributed by atoms with E-state index in [4.69, 9.17) is 21.4 Å². The third-order valence-corrected chi connectivity index (χ3v) is 4.29. The number of carboxylic acids is 1. The zero-order valence-corrected chi connectivity index (χ0v) is 13.2. The van der Waals surface area contributed by atoms with Crippen LogP contribution in [0.2, 0.25) is 5.02 Å². The molecule has 0 aliphatic heterocycles. The van der Waals surface area contributed by atoms with Gasteiger partial charge in [-0.2, -0.15) is 0 Å². The number of hydrogen-bond donors (Lipinski definition) is 2. The predicted octanol–water partition coefficient (Wildman–Crippen LogP) is 3.87. The molecule has 1 aromatic heterocycles. The zero-order valence-electron chi connectivity index (χ0n) is 11.6. The molecule has 7 heteroatoms. The summed E-state index contributed by atoms with van der Waals surface area (Å²) < 4.78 is 5.10. The largest absolute Gasteiger partial charge is 0.495 e. The van der Waals surface area contributed by atoms with Gasteiger partial charge in [-0.05, 0) is 31.5 Å². The summed E-state index contributed by atoms with van der Waals surface area (Å²) >= 11 is 7.52. The van der Waals surface area contributed by atoms with Crippen molar-refractivity contribution in [1.29, 1.82) is 0 Å². The highest BCUT2D eigenvalue weighted by atomic mass is 35.5. The van der Waals surface area contributed by atoms with E-state index in [0.717, 1.165) is 16.3 Å². The molecule has 0 spiro atoms. The molecule has 0 aliphatic carbocycles. The van der Waals surface area contributed by atoms with Gasteiger partial charge in [0, 0.05) is 10.6 Å². The van der Waals surface area contributed by atoms with Crippen molar-refractivity contribution in [3.63, 3.8) is 0 Å². The van der Waals surface area contributed by atoms with Crippen molar-refractivity contribution in [2.45, 2.75) is 19.8 Å². The number of carboxylic acid groups (broad SMARTS) is 1. The van der Waals surface area contributed by atoms with Gasteiger partial charge in [0.15, 0.2) is 5.13 Å². The Labute approximate surface area is 131 Å². The van der Waals surface area contributed by atoms with Crippen molar-refractivity contribution >= 4 is 39.7 Å². The molecular weight excluding hydrogens is 312 g/mol. The number of thiazole rings is 1. The fourth-order valence-electron chi connectivity index (χ4n) is 1.80. The van der Waals surface area contributed by atoms with Gasteiger partial charge in [0.2, 0.25) is 0 Å². The normalized spacial score (nSPS) is 10.4. The molecule has 0 radical (unpaired) electrons. The average molecular weight is 327 g/mol. The summed E-state index contributed by atoms with van der Waals surface area (Å²) in [6, 6.07) is 5.38. The molecule has 0 bridgehead atoms. The third kappa shape index (κ3) is 4.09. The first kappa shape index (κ1) is 15.6. The Kier molecular flexibility index (Phi) is 5.03. The number of halogens is 1. The second kappa shape index (κ2) is 6.78. The number of aromatic nitrogens is 1. The molecule has 5 nitrogen and oxygen atoms in total. The molecule has 0 saturated heterocycles. The van der Waals surface area contributed by atoms with E-state index in [1.165, 1.54) is 11.3 Å². The Morgan fingerprint density at radius 3 is 2.90 bits per heavy atom. The summed E-state index contributed by atoms with van der Waals surface area (Å²) in [6.45, 7) is 1.87. The molecule has 2 aromatic rings. The highest BCUT2D eigenvalue weighted by Gasteiger charge is 2.10. The van der Waals surface area contributed by atoms with Gasteiger partial charge in [-0.25, -0.2) is 4.98 Å². The standard InChI is InChI=1S/C14H15ClN2O3S/c1-8-12(5-6-13(18)19)21-14(16-8)17-9-3-4-11(20-2)10(15)7-9/h3-4,7H,5-6H2,1-2H3,(H,16,17)(H,18,19). The lowest BCUT2D eigenvalue weighted by Gasteiger charge is -2.06. The molecular formula is C14H15ClN2O3S. The van der Waals surface area contributed by atoms with Crippen molar-refractivity contribution in [1.82, 2.24) is 4.98 Å². The maximum Gasteiger partial charge on any atom is 0.303 e. The van der Waals surface area contributed by atoms with Crippen molar-refractivity contribution in [2.24, 2.45) is 0 Å². The highest BCUT2D eigenvalue weighted by molar-refractivity contribution is 7.15. The van der Waals surface area contributed by atoms with Gasteiger partial charge in [0.05, 0.1) is 24.2 Å². The van der Waals surface area contributed by atoms with E-state index in [-0.39, 0.29) is 6.42 Å². The van der Waals surface area contributed by atoms with E-state index >= 15 is 0 Å². The van der Waals surface area contributed by atoms with Gasteiger partial charge in [-0.3, -0.25) is 4.79 Å². The molecule has 0 aliphatic rings. The Morgan fingerprint density at radius 2 is 2.29 bits per heavy atom. The number of carbonyl (C=O) groups is 1. The number of benzene rings is 1. The summed E-state index contributed by atoms with van der Waals surface area (Å²) in [5, 5.41) is 13.1. The van der Waals surface area contributed by atoms with Gasteiger partial charge < -0.3 is 15.2 Å². The molecule has 0 fully saturated rings. The maximum atomic E-state index is 10.6. The smallest absolute Gasteiger partial charge is 0.303 e. The van der Waals surface area contributed by atoms with Crippen LogP contribution in [0.5, 0.6) is 5.75 Å². The van der Waals surface area contributed by atoms with Crippen molar-refractivity contribution in [3.8, 4) is 5.75 Å². The number of hydrogen-bond acceptors (Lipinski definition) is 5. The zero-order chi connectivity index (χ0) is 15.4. The Morgan fingerprint density at radius 1 is 1.52 bits per heavy atom. The molecule has 0 unspecified atom stereocenters. The van der Waals surface area contributed by atoms with Crippen LogP contribution in [0, 0.1) is 6.92 Å². The van der Waals surface area contributed by atoms with Gasteiger partial charge in [0.1, 0.15) is 5.75 Å². The lowest BCUT2D eigenvalue weighted by Crippen LogP contribution is -1.96. The molecule has 112 valence electrons. The van der Waals surface area contributed by atoms with E-state index in [1.54, 1.807) is 19.2 Å². The predicted molar refractivity (Wildman–Crippen MR) is 84.1 cm³/mol. The van der Waals surface area contributed by atoms with Crippen LogP contribution in [0.4, 0.5) is 10.8 Å². The van der Waals surface area contributed by atoms with Gasteiger partial charge in [-0.15, -0.1) is 11.3 Å². The third-order valence-electron chi connectivity index (χ3n) is 2.86. The monoisotopic (exact) mass is 326 g/mol. The number of ether oxygens (including phenoxy) is 1. The number of anilines is 2. The number of aliphatic carboxylic acids is 1. The van der Waals surface area contributed by atoms with Gasteiger partial charge >= 0.3 is 5.97 Å². The molecule has 2 N–H and O–H groups in total. The first-order valence-corrected chi connectivity index (χ1v) is 7.47. The summed E-state index contributed by atoms with van der Waals surface area (Å²) in [6.07, 6.45) is 0.598. The van der Waals surface area contributed by atoms with Crippen LogP contribution in [-0.4, -0.2) is 23.2 Å². The summed E-state index contributed by atoms with van der Waals surface area (Å²) in [7, 11) is 1.56. The Hall–Kier alpha value is -1.79. The topological polar surface area (TPSA) is 71.5 Å². The average Bonchev–Trinajstić information content (AvgIpc) is 2.76. The molecule has 1 heterocycles. The van der Waals surface area contributed by atoms with Crippen LogP contribution in [0.1, 0.15) is 17.0 Å². The van der Waals surface area contributed by atoms with E-state index in [0.29, 0.717) is 22.3 Å². The van der Waals surface area contributed by atoms with Crippen LogP contribution in [0.3, 0.4) is 0 Å². The molecule has 0 amide bonds. The SMILES string of the molecule is COc1ccc(Nc2nc(C)c(CCC(=O)O)s2)cc1Cl. The van der Waals surface area contributed by atoms with E-state index in [9.17, 15) is 4.79 Å². The summed E-state index contributed by atoms with van der Waals surface area (Å²) in [4.78, 5) is 16.0. The number of rotatable bonds is 6. The fourth-order valence-corrected chi connectivity index (χ4v) is 3.04. The highest BCUT2D eigenvalue weighted by Crippen LogP contribution is 2.31. The number of aryl methyl sites for hydroxylation is 2.